The lowest BCUT2D eigenvalue weighted by Gasteiger charge is -2.19. The van der Waals surface area contributed by atoms with Crippen molar-refractivity contribution in [2.75, 3.05) is 5.32 Å². The summed E-state index contributed by atoms with van der Waals surface area (Å²) in [5.74, 6) is 1.14. The van der Waals surface area contributed by atoms with Gasteiger partial charge in [-0.3, -0.25) is 0 Å². The fourth-order valence-corrected chi connectivity index (χ4v) is 2.32. The van der Waals surface area contributed by atoms with E-state index in [-0.39, 0.29) is 0 Å². The van der Waals surface area contributed by atoms with Gasteiger partial charge in [0, 0.05) is 11.7 Å². The van der Waals surface area contributed by atoms with E-state index in [4.69, 9.17) is 0 Å². The zero-order valence-corrected chi connectivity index (χ0v) is 9.46. The van der Waals surface area contributed by atoms with E-state index < -0.39 is 0 Å². The largest absolute Gasteiger partial charge is 0.508 e. The molecule has 0 bridgehead atoms. The Labute approximate surface area is 91.3 Å². The molecule has 2 rings (SSSR count). The Morgan fingerprint density at radius 3 is 2.73 bits per heavy atom. The van der Waals surface area contributed by atoms with Gasteiger partial charge in [-0.05, 0) is 49.4 Å². The van der Waals surface area contributed by atoms with Crippen LogP contribution in [0.1, 0.15) is 31.7 Å². The molecule has 0 amide bonds. The number of anilines is 1. The zero-order chi connectivity index (χ0) is 10.8. The summed E-state index contributed by atoms with van der Waals surface area (Å²) in [6.07, 6.45) is 3.92. The number of hydrogen-bond donors (Lipinski definition) is 2. The van der Waals surface area contributed by atoms with Gasteiger partial charge in [-0.15, -0.1) is 0 Å². The van der Waals surface area contributed by atoms with E-state index in [0.29, 0.717) is 11.8 Å². The number of phenols is 1. The molecule has 1 aliphatic carbocycles. The average molecular weight is 205 g/mol. The normalized spacial score (nSPS) is 25.5. The molecule has 1 aromatic rings. The topological polar surface area (TPSA) is 32.3 Å². The summed E-state index contributed by atoms with van der Waals surface area (Å²) < 4.78 is 0. The standard InChI is InChI=1S/C13H19NO/c1-9-4-3-5-12(9)14-11-6-7-13(15)10(2)8-11/h6-9,12,14-15H,3-5H2,1-2H3. The maximum absolute atomic E-state index is 9.43. The van der Waals surface area contributed by atoms with Crippen LogP contribution >= 0.6 is 0 Å². The van der Waals surface area contributed by atoms with Gasteiger partial charge in [0.2, 0.25) is 0 Å². The Kier molecular flexibility index (Phi) is 2.85. The van der Waals surface area contributed by atoms with Crippen LogP contribution in [0, 0.1) is 12.8 Å². The number of aromatic hydroxyl groups is 1. The predicted molar refractivity (Wildman–Crippen MR) is 63.3 cm³/mol. The summed E-state index contributed by atoms with van der Waals surface area (Å²) in [6.45, 7) is 4.23. The summed E-state index contributed by atoms with van der Waals surface area (Å²) in [5, 5.41) is 13.0. The second-order valence-electron chi connectivity index (χ2n) is 4.66. The Balaban J connectivity index is 2.07. The third-order valence-electron chi connectivity index (χ3n) is 3.41. The van der Waals surface area contributed by atoms with E-state index in [1.807, 2.05) is 19.1 Å². The van der Waals surface area contributed by atoms with Gasteiger partial charge in [-0.1, -0.05) is 13.3 Å². The first-order valence-corrected chi connectivity index (χ1v) is 5.73. The van der Waals surface area contributed by atoms with E-state index in [1.165, 1.54) is 19.3 Å². The summed E-state index contributed by atoms with van der Waals surface area (Å²) in [5.41, 5.74) is 2.06. The predicted octanol–water partition coefficient (Wildman–Crippen LogP) is 3.30. The highest BCUT2D eigenvalue weighted by Crippen LogP contribution is 2.29. The van der Waals surface area contributed by atoms with Gasteiger partial charge in [-0.2, -0.15) is 0 Å². The summed E-state index contributed by atoms with van der Waals surface area (Å²) in [4.78, 5) is 0. The van der Waals surface area contributed by atoms with Gasteiger partial charge < -0.3 is 10.4 Å². The fraction of sp³-hybridized carbons (Fsp3) is 0.538. The third-order valence-corrected chi connectivity index (χ3v) is 3.41. The summed E-state index contributed by atoms with van der Waals surface area (Å²) in [7, 11) is 0. The maximum Gasteiger partial charge on any atom is 0.118 e. The van der Waals surface area contributed by atoms with Crippen molar-refractivity contribution in [2.45, 2.75) is 39.2 Å². The molecule has 0 heterocycles. The molecule has 0 radical (unpaired) electrons. The highest BCUT2D eigenvalue weighted by molar-refractivity contribution is 5.51. The molecule has 15 heavy (non-hydrogen) atoms. The fourth-order valence-electron chi connectivity index (χ4n) is 2.32. The first-order chi connectivity index (χ1) is 7.16. The van der Waals surface area contributed by atoms with Crippen molar-refractivity contribution >= 4 is 5.69 Å². The van der Waals surface area contributed by atoms with Crippen molar-refractivity contribution < 1.29 is 5.11 Å². The molecule has 2 atom stereocenters. The number of nitrogens with one attached hydrogen (secondary N) is 1. The van der Waals surface area contributed by atoms with E-state index in [9.17, 15) is 5.11 Å². The SMILES string of the molecule is Cc1cc(NC2CCCC2C)ccc1O. The molecule has 2 unspecified atom stereocenters. The number of rotatable bonds is 2. The molecule has 2 nitrogen and oxygen atoms in total. The van der Waals surface area contributed by atoms with Crippen molar-refractivity contribution in [2.24, 2.45) is 5.92 Å². The molecule has 1 fully saturated rings. The van der Waals surface area contributed by atoms with Gasteiger partial charge in [0.1, 0.15) is 5.75 Å². The van der Waals surface area contributed by atoms with Gasteiger partial charge in [0.05, 0.1) is 0 Å². The summed E-state index contributed by atoms with van der Waals surface area (Å²) >= 11 is 0. The van der Waals surface area contributed by atoms with Crippen molar-refractivity contribution in [3.63, 3.8) is 0 Å². The van der Waals surface area contributed by atoms with Gasteiger partial charge in [0.25, 0.3) is 0 Å². The number of hydrogen-bond acceptors (Lipinski definition) is 2. The first kappa shape index (κ1) is 10.3. The molecular formula is C13H19NO. The zero-order valence-electron chi connectivity index (χ0n) is 9.46. The second kappa shape index (κ2) is 4.13. The Morgan fingerprint density at radius 1 is 1.33 bits per heavy atom. The smallest absolute Gasteiger partial charge is 0.118 e. The van der Waals surface area contributed by atoms with E-state index in [0.717, 1.165) is 17.2 Å². The lowest BCUT2D eigenvalue weighted by Crippen LogP contribution is -2.21. The van der Waals surface area contributed by atoms with Crippen LogP contribution in [-0.4, -0.2) is 11.1 Å². The highest BCUT2D eigenvalue weighted by atomic mass is 16.3. The minimum absolute atomic E-state index is 0.375. The molecule has 0 aromatic heterocycles. The molecule has 82 valence electrons. The summed E-state index contributed by atoms with van der Waals surface area (Å²) in [6, 6.07) is 6.33. The molecular weight excluding hydrogens is 186 g/mol. The van der Waals surface area contributed by atoms with E-state index in [1.54, 1.807) is 6.07 Å². The van der Waals surface area contributed by atoms with Crippen LogP contribution < -0.4 is 5.32 Å². The molecule has 1 aromatic carbocycles. The van der Waals surface area contributed by atoms with Crippen LogP contribution in [0.4, 0.5) is 5.69 Å². The first-order valence-electron chi connectivity index (χ1n) is 5.73. The van der Waals surface area contributed by atoms with Gasteiger partial charge in [0.15, 0.2) is 0 Å². The number of benzene rings is 1. The van der Waals surface area contributed by atoms with Crippen molar-refractivity contribution in [1.29, 1.82) is 0 Å². The van der Waals surface area contributed by atoms with Crippen LogP contribution in [0.3, 0.4) is 0 Å². The lowest BCUT2D eigenvalue weighted by atomic mass is 10.1. The number of aryl methyl sites for hydroxylation is 1. The molecule has 2 heteroatoms. The van der Waals surface area contributed by atoms with Crippen LogP contribution in [0.5, 0.6) is 5.75 Å². The Morgan fingerprint density at radius 2 is 2.13 bits per heavy atom. The lowest BCUT2D eigenvalue weighted by molar-refractivity contribution is 0.471. The molecule has 0 aliphatic heterocycles. The Hall–Kier alpha value is -1.18. The molecule has 1 aliphatic rings. The third kappa shape index (κ3) is 2.25. The van der Waals surface area contributed by atoms with Crippen LogP contribution in [0.15, 0.2) is 18.2 Å². The molecule has 0 spiro atoms. The minimum atomic E-state index is 0.375. The van der Waals surface area contributed by atoms with Gasteiger partial charge >= 0.3 is 0 Å². The van der Waals surface area contributed by atoms with Crippen molar-refractivity contribution in [3.8, 4) is 5.75 Å². The van der Waals surface area contributed by atoms with Crippen LogP contribution in [-0.2, 0) is 0 Å². The number of phenolic OH excluding ortho intramolecular Hbond substituents is 1. The van der Waals surface area contributed by atoms with Gasteiger partial charge in [-0.25, -0.2) is 0 Å². The second-order valence-corrected chi connectivity index (χ2v) is 4.66. The van der Waals surface area contributed by atoms with Crippen LogP contribution in [0.25, 0.3) is 0 Å². The maximum atomic E-state index is 9.43. The average Bonchev–Trinajstić information content (AvgIpc) is 2.59. The van der Waals surface area contributed by atoms with Crippen LogP contribution in [0.2, 0.25) is 0 Å². The molecule has 0 saturated heterocycles. The minimum Gasteiger partial charge on any atom is -0.508 e. The molecule has 2 N–H and O–H groups in total. The quantitative estimate of drug-likeness (QED) is 0.726. The van der Waals surface area contributed by atoms with Crippen molar-refractivity contribution in [1.82, 2.24) is 0 Å². The monoisotopic (exact) mass is 205 g/mol. The molecule has 1 saturated carbocycles. The Bertz CT molecular complexity index is 348. The van der Waals surface area contributed by atoms with Crippen molar-refractivity contribution in [3.05, 3.63) is 23.8 Å². The van der Waals surface area contributed by atoms with E-state index >= 15 is 0 Å². The van der Waals surface area contributed by atoms with E-state index in [2.05, 4.69) is 12.2 Å². The highest BCUT2D eigenvalue weighted by Gasteiger charge is 2.22.